The van der Waals surface area contributed by atoms with Gasteiger partial charge in [-0.05, 0) is 12.5 Å². The second-order valence-corrected chi connectivity index (χ2v) is 4.70. The topological polar surface area (TPSA) is 93.7 Å². The Balaban J connectivity index is 2.20. The highest BCUT2D eigenvalue weighted by Crippen LogP contribution is 2.30. The van der Waals surface area contributed by atoms with Crippen molar-refractivity contribution in [2.24, 2.45) is 11.8 Å². The molecule has 1 saturated heterocycles. The second-order valence-electron chi connectivity index (χ2n) is 4.70. The van der Waals surface area contributed by atoms with Gasteiger partial charge in [-0.2, -0.15) is 0 Å². The van der Waals surface area contributed by atoms with Gasteiger partial charge in [0.05, 0.1) is 17.2 Å². The molecule has 7 nitrogen and oxygen atoms in total. The summed E-state index contributed by atoms with van der Waals surface area (Å²) in [7, 11) is 1.69. The quantitative estimate of drug-likeness (QED) is 0.474. The number of rotatable bonds is 5. The van der Waals surface area contributed by atoms with Crippen LogP contribution in [0.25, 0.3) is 0 Å². The fourth-order valence-electron chi connectivity index (χ4n) is 2.41. The summed E-state index contributed by atoms with van der Waals surface area (Å²) in [5.41, 5.74) is 3.87. The largest absolute Gasteiger partial charge is 0.384 e. The molecule has 0 bridgehead atoms. The molecule has 0 amide bonds. The van der Waals surface area contributed by atoms with Crippen LogP contribution in [0.15, 0.2) is 18.2 Å². The van der Waals surface area contributed by atoms with Crippen LogP contribution < -0.4 is 16.2 Å². The van der Waals surface area contributed by atoms with E-state index in [9.17, 15) is 10.1 Å². The first kappa shape index (κ1) is 13.6. The lowest BCUT2D eigenvalue weighted by atomic mass is 10.1. The van der Waals surface area contributed by atoms with Crippen molar-refractivity contribution in [1.82, 2.24) is 0 Å². The van der Waals surface area contributed by atoms with Crippen LogP contribution in [0.2, 0.25) is 0 Å². The minimum atomic E-state index is -0.410. The third-order valence-corrected chi connectivity index (χ3v) is 3.33. The van der Waals surface area contributed by atoms with Crippen LogP contribution in [0.4, 0.5) is 17.1 Å². The summed E-state index contributed by atoms with van der Waals surface area (Å²) >= 11 is 0. The highest BCUT2D eigenvalue weighted by Gasteiger charge is 2.24. The molecular weight excluding hydrogens is 248 g/mol. The number of hydrogen-bond donors (Lipinski definition) is 2. The van der Waals surface area contributed by atoms with Crippen molar-refractivity contribution < 1.29 is 9.66 Å². The van der Waals surface area contributed by atoms with Crippen molar-refractivity contribution in [2.45, 2.75) is 6.42 Å². The van der Waals surface area contributed by atoms with Gasteiger partial charge in [0.15, 0.2) is 0 Å². The number of nitro benzene ring substituents is 1. The summed E-state index contributed by atoms with van der Waals surface area (Å²) in [6, 6.07) is 4.82. The Hall–Kier alpha value is -1.86. The first-order chi connectivity index (χ1) is 9.13. The van der Waals surface area contributed by atoms with E-state index < -0.39 is 4.92 Å². The van der Waals surface area contributed by atoms with Crippen molar-refractivity contribution in [1.29, 1.82) is 0 Å². The van der Waals surface area contributed by atoms with E-state index in [1.165, 1.54) is 6.07 Å². The van der Waals surface area contributed by atoms with Crippen LogP contribution in [-0.4, -0.2) is 31.7 Å². The van der Waals surface area contributed by atoms with E-state index in [0.29, 0.717) is 18.2 Å². The number of nitrogens with two attached hydrogens (primary N) is 1. The molecule has 1 aliphatic rings. The van der Waals surface area contributed by atoms with Crippen LogP contribution in [0.3, 0.4) is 0 Å². The number of anilines is 2. The molecule has 7 heteroatoms. The summed E-state index contributed by atoms with van der Waals surface area (Å²) in [4.78, 5) is 12.6. The van der Waals surface area contributed by atoms with Crippen LogP contribution in [0, 0.1) is 16.0 Å². The van der Waals surface area contributed by atoms with Gasteiger partial charge in [0.2, 0.25) is 0 Å². The van der Waals surface area contributed by atoms with E-state index in [4.69, 9.17) is 10.6 Å². The maximum atomic E-state index is 10.9. The van der Waals surface area contributed by atoms with Gasteiger partial charge in [0, 0.05) is 43.9 Å². The smallest absolute Gasteiger partial charge is 0.273 e. The van der Waals surface area contributed by atoms with Gasteiger partial charge < -0.3 is 15.1 Å². The molecule has 1 fully saturated rings. The van der Waals surface area contributed by atoms with Crippen LogP contribution in [0.1, 0.15) is 6.42 Å². The van der Waals surface area contributed by atoms with Crippen molar-refractivity contribution in [3.05, 3.63) is 28.3 Å². The average Bonchev–Trinajstić information content (AvgIpc) is 2.87. The molecule has 1 aromatic carbocycles. The fraction of sp³-hybridized carbons (Fsp3) is 0.500. The molecule has 1 aromatic rings. The highest BCUT2D eigenvalue weighted by molar-refractivity contribution is 5.64. The summed E-state index contributed by atoms with van der Waals surface area (Å²) in [5, 5.41) is 10.9. The highest BCUT2D eigenvalue weighted by atomic mass is 16.6. The predicted molar refractivity (Wildman–Crippen MR) is 73.1 cm³/mol. The SMILES string of the molecule is COCC1CCN(c2cc(NN)cc([N+](=O)[O-])c2)C1. The lowest BCUT2D eigenvalue weighted by Gasteiger charge is -2.19. The number of nitrogens with zero attached hydrogens (tertiary/aromatic N) is 2. The Bertz CT molecular complexity index is 466. The fourth-order valence-corrected chi connectivity index (χ4v) is 2.41. The van der Waals surface area contributed by atoms with Crippen LogP contribution >= 0.6 is 0 Å². The Labute approximate surface area is 111 Å². The molecule has 3 N–H and O–H groups in total. The summed E-state index contributed by atoms with van der Waals surface area (Å²) in [5.74, 6) is 5.82. The maximum absolute atomic E-state index is 10.9. The normalized spacial score (nSPS) is 18.6. The van der Waals surface area contributed by atoms with Gasteiger partial charge >= 0.3 is 0 Å². The zero-order valence-electron chi connectivity index (χ0n) is 10.8. The molecule has 104 valence electrons. The van der Waals surface area contributed by atoms with E-state index in [1.54, 1.807) is 13.2 Å². The Morgan fingerprint density at radius 1 is 1.58 bits per heavy atom. The molecular formula is C12H18N4O3. The van der Waals surface area contributed by atoms with E-state index in [2.05, 4.69) is 10.3 Å². The van der Waals surface area contributed by atoms with Gasteiger partial charge in [-0.25, -0.2) is 0 Å². The minimum absolute atomic E-state index is 0.0423. The summed E-state index contributed by atoms with van der Waals surface area (Å²) in [6.45, 7) is 2.44. The number of nitro groups is 1. The Kier molecular flexibility index (Phi) is 4.18. The Morgan fingerprint density at radius 2 is 2.37 bits per heavy atom. The van der Waals surface area contributed by atoms with Crippen molar-refractivity contribution >= 4 is 17.1 Å². The number of hydrazine groups is 1. The van der Waals surface area contributed by atoms with Crippen molar-refractivity contribution in [3.63, 3.8) is 0 Å². The van der Waals surface area contributed by atoms with Gasteiger partial charge in [0.1, 0.15) is 0 Å². The number of benzene rings is 1. The van der Waals surface area contributed by atoms with Gasteiger partial charge in [-0.1, -0.05) is 0 Å². The molecule has 19 heavy (non-hydrogen) atoms. The second kappa shape index (κ2) is 5.85. The molecule has 0 spiro atoms. The van der Waals surface area contributed by atoms with Crippen LogP contribution in [0.5, 0.6) is 0 Å². The molecule has 0 aromatic heterocycles. The summed E-state index contributed by atoms with van der Waals surface area (Å²) in [6.07, 6.45) is 1.03. The number of non-ortho nitro benzene ring substituents is 1. The van der Waals surface area contributed by atoms with Gasteiger partial charge in [-0.3, -0.25) is 16.0 Å². The van der Waals surface area contributed by atoms with Gasteiger partial charge in [-0.15, -0.1) is 0 Å². The minimum Gasteiger partial charge on any atom is -0.384 e. The molecule has 2 rings (SSSR count). The van der Waals surface area contributed by atoms with E-state index in [-0.39, 0.29) is 5.69 Å². The third kappa shape index (κ3) is 3.12. The number of nitrogens with one attached hydrogen (secondary N) is 1. The number of hydrogen-bond acceptors (Lipinski definition) is 6. The number of methoxy groups -OCH3 is 1. The average molecular weight is 266 g/mol. The molecule has 1 atom stereocenters. The first-order valence-corrected chi connectivity index (χ1v) is 6.14. The van der Waals surface area contributed by atoms with E-state index in [0.717, 1.165) is 25.2 Å². The first-order valence-electron chi connectivity index (χ1n) is 6.14. The maximum Gasteiger partial charge on any atom is 0.273 e. The van der Waals surface area contributed by atoms with E-state index >= 15 is 0 Å². The van der Waals surface area contributed by atoms with Crippen molar-refractivity contribution in [2.75, 3.05) is 37.1 Å². The zero-order chi connectivity index (χ0) is 13.8. The molecule has 1 unspecified atom stereocenters. The summed E-state index contributed by atoms with van der Waals surface area (Å²) < 4.78 is 5.15. The van der Waals surface area contributed by atoms with Gasteiger partial charge in [0.25, 0.3) is 5.69 Å². The van der Waals surface area contributed by atoms with Crippen LogP contribution in [-0.2, 0) is 4.74 Å². The molecule has 1 aliphatic heterocycles. The molecule has 0 radical (unpaired) electrons. The number of nitrogen functional groups attached to an aromatic ring is 1. The van der Waals surface area contributed by atoms with E-state index in [1.807, 2.05) is 6.07 Å². The monoisotopic (exact) mass is 266 g/mol. The molecule has 0 saturated carbocycles. The lowest BCUT2D eigenvalue weighted by molar-refractivity contribution is -0.384. The molecule has 1 heterocycles. The zero-order valence-corrected chi connectivity index (χ0v) is 10.8. The van der Waals surface area contributed by atoms with Crippen molar-refractivity contribution in [3.8, 4) is 0 Å². The lowest BCUT2D eigenvalue weighted by Crippen LogP contribution is -2.21. The predicted octanol–water partition coefficient (Wildman–Crippen LogP) is 1.35. The third-order valence-electron chi connectivity index (χ3n) is 3.33. The standard InChI is InChI=1S/C12H18N4O3/c1-19-8-9-2-3-15(7-9)11-4-10(14-13)5-12(6-11)16(17)18/h4-6,9,14H,2-3,7-8,13H2,1H3. The molecule has 0 aliphatic carbocycles. The Morgan fingerprint density at radius 3 is 3.00 bits per heavy atom. The number of ether oxygens (including phenoxy) is 1.